The summed E-state index contributed by atoms with van der Waals surface area (Å²) in [4.78, 5) is 17.2. The minimum Gasteiger partial charge on any atom is -0.502 e. The van der Waals surface area contributed by atoms with Crippen LogP contribution in [0.2, 0.25) is 0 Å². The Balaban J connectivity index is 3.32. The first-order valence-electron chi connectivity index (χ1n) is 2.99. The molecule has 1 aromatic rings. The van der Waals surface area contributed by atoms with Gasteiger partial charge in [-0.05, 0) is 13.2 Å². The standard InChI is InChI=1S/C6H8N2O2S/c1-3-4(9)5(10)8-6(7-3)11-2/h9H,1-2H3,(H,7,8,10). The fraction of sp³-hybridized carbons (Fsp3) is 0.333. The van der Waals surface area contributed by atoms with Gasteiger partial charge in [0.2, 0.25) is 5.75 Å². The molecule has 0 radical (unpaired) electrons. The summed E-state index contributed by atoms with van der Waals surface area (Å²) in [5.41, 5.74) is -0.125. The predicted molar refractivity (Wildman–Crippen MR) is 43.0 cm³/mol. The molecule has 1 aromatic heterocycles. The van der Waals surface area contributed by atoms with Gasteiger partial charge < -0.3 is 5.11 Å². The fourth-order valence-electron chi connectivity index (χ4n) is 0.651. The number of aromatic amines is 1. The average Bonchev–Trinajstić information content (AvgIpc) is 1.99. The van der Waals surface area contributed by atoms with Crippen molar-refractivity contribution in [3.8, 4) is 5.75 Å². The number of nitrogens with one attached hydrogen (secondary N) is 1. The Bertz CT molecular complexity index is 321. The number of thioether (sulfide) groups is 1. The first-order valence-corrected chi connectivity index (χ1v) is 4.21. The zero-order valence-corrected chi connectivity index (χ0v) is 7.03. The molecule has 0 aliphatic carbocycles. The summed E-state index contributed by atoms with van der Waals surface area (Å²) in [5.74, 6) is -0.303. The predicted octanol–water partition coefficient (Wildman–Crippen LogP) is 0.506. The first kappa shape index (κ1) is 8.13. The molecular weight excluding hydrogens is 164 g/mol. The van der Waals surface area contributed by atoms with Crippen LogP contribution in [0.15, 0.2) is 9.95 Å². The molecule has 0 saturated heterocycles. The third-order valence-corrected chi connectivity index (χ3v) is 1.82. The highest BCUT2D eigenvalue weighted by Gasteiger charge is 2.03. The van der Waals surface area contributed by atoms with Crippen LogP contribution in [0.4, 0.5) is 0 Å². The van der Waals surface area contributed by atoms with E-state index < -0.39 is 5.56 Å². The maximum atomic E-state index is 10.9. The lowest BCUT2D eigenvalue weighted by Crippen LogP contribution is -2.09. The van der Waals surface area contributed by atoms with Gasteiger partial charge in [0.1, 0.15) is 0 Å². The van der Waals surface area contributed by atoms with Gasteiger partial charge in [0.25, 0.3) is 5.56 Å². The highest BCUT2D eigenvalue weighted by atomic mass is 32.2. The molecule has 0 saturated carbocycles. The molecule has 0 fully saturated rings. The molecule has 0 aliphatic rings. The molecule has 60 valence electrons. The molecule has 4 nitrogen and oxygen atoms in total. The summed E-state index contributed by atoms with van der Waals surface area (Å²) < 4.78 is 0. The molecule has 11 heavy (non-hydrogen) atoms. The van der Waals surface area contributed by atoms with Crippen molar-refractivity contribution in [2.75, 3.05) is 6.26 Å². The molecule has 1 heterocycles. The van der Waals surface area contributed by atoms with Gasteiger partial charge in [-0.3, -0.25) is 9.78 Å². The number of aromatic hydroxyl groups is 1. The van der Waals surface area contributed by atoms with Crippen LogP contribution in [0.5, 0.6) is 5.75 Å². The molecule has 0 bridgehead atoms. The fourth-order valence-corrected chi connectivity index (χ4v) is 1.07. The molecule has 0 amide bonds. The number of aryl methyl sites for hydroxylation is 1. The second kappa shape index (κ2) is 2.96. The van der Waals surface area contributed by atoms with Crippen LogP contribution in [0, 0.1) is 6.92 Å². The van der Waals surface area contributed by atoms with Gasteiger partial charge in [-0.15, -0.1) is 0 Å². The van der Waals surface area contributed by atoms with Crippen molar-refractivity contribution in [2.24, 2.45) is 0 Å². The summed E-state index contributed by atoms with van der Waals surface area (Å²) >= 11 is 1.33. The number of rotatable bonds is 1. The van der Waals surface area contributed by atoms with Crippen LogP contribution in [-0.4, -0.2) is 21.3 Å². The quantitative estimate of drug-likeness (QED) is 0.478. The lowest BCUT2D eigenvalue weighted by atomic mass is 10.4. The van der Waals surface area contributed by atoms with Crippen molar-refractivity contribution in [3.05, 3.63) is 16.0 Å². The number of hydrogen-bond acceptors (Lipinski definition) is 4. The zero-order valence-electron chi connectivity index (χ0n) is 6.21. The summed E-state index contributed by atoms with van der Waals surface area (Å²) in [5, 5.41) is 9.53. The Kier molecular flexibility index (Phi) is 2.19. The van der Waals surface area contributed by atoms with Crippen molar-refractivity contribution in [2.45, 2.75) is 12.1 Å². The molecule has 2 N–H and O–H groups in total. The maximum absolute atomic E-state index is 10.9. The second-order valence-electron chi connectivity index (χ2n) is 2.01. The van der Waals surface area contributed by atoms with Crippen LogP contribution in [0.25, 0.3) is 0 Å². The summed E-state index contributed by atoms with van der Waals surface area (Å²) in [6.45, 7) is 1.59. The van der Waals surface area contributed by atoms with Gasteiger partial charge in [-0.25, -0.2) is 4.98 Å². The normalized spacial score (nSPS) is 10.0. The van der Waals surface area contributed by atoms with Gasteiger partial charge >= 0.3 is 0 Å². The van der Waals surface area contributed by atoms with Crippen molar-refractivity contribution in [1.29, 1.82) is 0 Å². The lowest BCUT2D eigenvalue weighted by Gasteiger charge is -1.98. The van der Waals surface area contributed by atoms with E-state index in [0.717, 1.165) is 0 Å². The van der Waals surface area contributed by atoms with Crippen LogP contribution >= 0.6 is 11.8 Å². The Morgan fingerprint density at radius 1 is 1.64 bits per heavy atom. The largest absolute Gasteiger partial charge is 0.502 e. The van der Waals surface area contributed by atoms with E-state index >= 15 is 0 Å². The van der Waals surface area contributed by atoms with E-state index in [2.05, 4.69) is 9.97 Å². The molecule has 5 heteroatoms. The van der Waals surface area contributed by atoms with E-state index in [4.69, 9.17) is 5.11 Å². The van der Waals surface area contributed by atoms with Crippen LogP contribution < -0.4 is 5.56 Å². The summed E-state index contributed by atoms with van der Waals surface area (Å²) in [6, 6.07) is 0. The molecule has 0 atom stereocenters. The van der Waals surface area contributed by atoms with Gasteiger partial charge in [-0.2, -0.15) is 0 Å². The van der Waals surface area contributed by atoms with Gasteiger partial charge in [0, 0.05) is 0 Å². The van der Waals surface area contributed by atoms with Crippen molar-refractivity contribution >= 4 is 11.8 Å². The number of hydrogen-bond donors (Lipinski definition) is 2. The molecule has 0 aromatic carbocycles. The van der Waals surface area contributed by atoms with Crippen molar-refractivity contribution in [1.82, 2.24) is 9.97 Å². The van der Waals surface area contributed by atoms with Gasteiger partial charge in [-0.1, -0.05) is 11.8 Å². The van der Waals surface area contributed by atoms with Crippen LogP contribution in [0.1, 0.15) is 5.69 Å². The third kappa shape index (κ3) is 1.54. The van der Waals surface area contributed by atoms with E-state index in [0.29, 0.717) is 10.9 Å². The van der Waals surface area contributed by atoms with E-state index in [9.17, 15) is 4.79 Å². The van der Waals surface area contributed by atoms with Gasteiger partial charge in [0.05, 0.1) is 5.69 Å². The van der Waals surface area contributed by atoms with E-state index in [1.165, 1.54) is 11.8 Å². The second-order valence-corrected chi connectivity index (χ2v) is 2.80. The minimum atomic E-state index is -0.484. The summed E-state index contributed by atoms with van der Waals surface area (Å²) in [6.07, 6.45) is 1.80. The number of nitrogens with zero attached hydrogens (tertiary/aromatic N) is 1. The molecular formula is C6H8N2O2S. The third-order valence-electron chi connectivity index (χ3n) is 1.24. The topological polar surface area (TPSA) is 66.0 Å². The Morgan fingerprint density at radius 2 is 2.27 bits per heavy atom. The van der Waals surface area contributed by atoms with E-state index in [1.807, 2.05) is 0 Å². The SMILES string of the molecule is CSc1nc(C)c(O)c(=O)[nH]1. The van der Waals surface area contributed by atoms with Crippen molar-refractivity contribution in [3.63, 3.8) is 0 Å². The highest BCUT2D eigenvalue weighted by Crippen LogP contribution is 2.10. The molecule has 0 aliphatic heterocycles. The van der Waals surface area contributed by atoms with E-state index in [1.54, 1.807) is 13.2 Å². The number of H-pyrrole nitrogens is 1. The van der Waals surface area contributed by atoms with E-state index in [-0.39, 0.29) is 5.75 Å². The maximum Gasteiger partial charge on any atom is 0.293 e. The smallest absolute Gasteiger partial charge is 0.293 e. The zero-order chi connectivity index (χ0) is 8.43. The summed E-state index contributed by atoms with van der Waals surface area (Å²) in [7, 11) is 0. The Hall–Kier alpha value is -0.970. The van der Waals surface area contributed by atoms with Gasteiger partial charge in [0.15, 0.2) is 5.16 Å². The van der Waals surface area contributed by atoms with Crippen LogP contribution in [-0.2, 0) is 0 Å². The Labute approximate surface area is 67.7 Å². The highest BCUT2D eigenvalue weighted by molar-refractivity contribution is 7.98. The molecule has 1 rings (SSSR count). The molecule has 0 spiro atoms. The Morgan fingerprint density at radius 3 is 2.73 bits per heavy atom. The molecule has 0 unspecified atom stereocenters. The average molecular weight is 172 g/mol. The number of aromatic nitrogens is 2. The monoisotopic (exact) mass is 172 g/mol. The lowest BCUT2D eigenvalue weighted by molar-refractivity contribution is 0.454. The first-order chi connectivity index (χ1) is 5.15. The van der Waals surface area contributed by atoms with Crippen LogP contribution in [0.3, 0.4) is 0 Å². The van der Waals surface area contributed by atoms with Crippen molar-refractivity contribution < 1.29 is 5.11 Å². The minimum absolute atomic E-state index is 0.303.